The highest BCUT2D eigenvalue weighted by molar-refractivity contribution is 7.95. The van der Waals surface area contributed by atoms with Gasteiger partial charge in [0, 0.05) is 23.4 Å². The SMILES string of the molecule is COC(=O)c1cc(OC)c(OC)cc1N/C=C(/C#N)S(=O)(=O)c1ccc(Cl)cc1. The molecule has 0 saturated heterocycles. The van der Waals surface area contributed by atoms with Crippen molar-refractivity contribution >= 4 is 33.1 Å². The number of hydrogen-bond acceptors (Lipinski definition) is 8. The fourth-order valence-electron chi connectivity index (χ4n) is 2.33. The summed E-state index contributed by atoms with van der Waals surface area (Å²) in [5.41, 5.74) is 0.219. The number of carbonyl (C=O) groups is 1. The minimum atomic E-state index is -4.10. The molecular weight excluding hydrogens is 420 g/mol. The van der Waals surface area contributed by atoms with Crippen molar-refractivity contribution in [3.8, 4) is 17.6 Å². The Labute approximate surface area is 173 Å². The summed E-state index contributed by atoms with van der Waals surface area (Å²) in [5, 5.41) is 12.4. The number of hydrogen-bond donors (Lipinski definition) is 1. The van der Waals surface area contributed by atoms with Crippen molar-refractivity contribution in [1.29, 1.82) is 5.26 Å². The molecule has 152 valence electrons. The number of carbonyl (C=O) groups excluding carboxylic acids is 1. The number of halogens is 1. The Hall–Kier alpha value is -3.22. The van der Waals surface area contributed by atoms with Crippen molar-refractivity contribution < 1.29 is 27.4 Å². The van der Waals surface area contributed by atoms with E-state index in [1.165, 1.54) is 57.7 Å². The first-order chi connectivity index (χ1) is 13.8. The van der Waals surface area contributed by atoms with Crippen molar-refractivity contribution in [3.63, 3.8) is 0 Å². The lowest BCUT2D eigenvalue weighted by Crippen LogP contribution is -2.09. The van der Waals surface area contributed by atoms with Crippen LogP contribution in [0.25, 0.3) is 0 Å². The van der Waals surface area contributed by atoms with Crippen molar-refractivity contribution in [2.45, 2.75) is 4.90 Å². The largest absolute Gasteiger partial charge is 0.493 e. The second kappa shape index (κ2) is 9.32. The standard InChI is InChI=1S/C19H17ClN2O6S/c1-26-17-8-15(19(23)28-3)16(9-18(17)27-2)22-11-14(10-21)29(24,25)13-6-4-12(20)5-7-13/h4-9,11,22H,1-3H3/b14-11-. The molecule has 8 nitrogen and oxygen atoms in total. The van der Waals surface area contributed by atoms with Crippen LogP contribution in [0.4, 0.5) is 5.69 Å². The molecule has 0 radical (unpaired) electrons. The number of methoxy groups -OCH3 is 3. The number of benzene rings is 2. The van der Waals surface area contributed by atoms with E-state index in [0.717, 1.165) is 6.20 Å². The highest BCUT2D eigenvalue weighted by Gasteiger charge is 2.22. The number of rotatable bonds is 7. The first-order valence-electron chi connectivity index (χ1n) is 8.00. The molecule has 0 saturated carbocycles. The molecule has 29 heavy (non-hydrogen) atoms. The number of ether oxygens (including phenoxy) is 3. The summed E-state index contributed by atoms with van der Waals surface area (Å²) in [6.07, 6.45) is 0.984. The van der Waals surface area contributed by atoms with Gasteiger partial charge >= 0.3 is 5.97 Å². The van der Waals surface area contributed by atoms with Crippen LogP contribution in [-0.2, 0) is 14.6 Å². The van der Waals surface area contributed by atoms with Gasteiger partial charge in [-0.15, -0.1) is 0 Å². The zero-order valence-corrected chi connectivity index (χ0v) is 17.3. The monoisotopic (exact) mass is 436 g/mol. The maximum atomic E-state index is 12.7. The quantitative estimate of drug-likeness (QED) is 0.518. The minimum absolute atomic E-state index is 0.0579. The molecule has 0 spiro atoms. The number of allylic oxidation sites excluding steroid dienone is 1. The second-order valence-corrected chi connectivity index (χ2v) is 7.82. The number of anilines is 1. The highest BCUT2D eigenvalue weighted by Crippen LogP contribution is 2.34. The molecule has 2 aromatic carbocycles. The third kappa shape index (κ3) is 4.80. The first kappa shape index (κ1) is 22.1. The number of nitrogens with zero attached hydrogens (tertiary/aromatic N) is 1. The van der Waals surface area contributed by atoms with Crippen molar-refractivity contribution in [1.82, 2.24) is 0 Å². The van der Waals surface area contributed by atoms with Crippen LogP contribution in [-0.4, -0.2) is 35.7 Å². The van der Waals surface area contributed by atoms with Gasteiger partial charge in [-0.25, -0.2) is 13.2 Å². The maximum Gasteiger partial charge on any atom is 0.340 e. The van der Waals surface area contributed by atoms with Crippen LogP contribution in [0, 0.1) is 11.3 Å². The van der Waals surface area contributed by atoms with E-state index in [1.54, 1.807) is 6.07 Å². The Balaban J connectivity index is 2.51. The Kier molecular flexibility index (Phi) is 7.09. The van der Waals surface area contributed by atoms with E-state index in [0.29, 0.717) is 5.02 Å². The molecule has 0 aliphatic rings. The molecule has 10 heteroatoms. The summed E-state index contributed by atoms with van der Waals surface area (Å²) >= 11 is 5.78. The van der Waals surface area contributed by atoms with Crippen molar-refractivity contribution in [3.05, 3.63) is 58.1 Å². The number of esters is 1. The highest BCUT2D eigenvalue weighted by atomic mass is 35.5. The normalized spacial score (nSPS) is 11.3. The van der Waals surface area contributed by atoms with Crippen LogP contribution in [0.3, 0.4) is 0 Å². The van der Waals surface area contributed by atoms with Crippen molar-refractivity contribution in [2.75, 3.05) is 26.6 Å². The third-order valence-electron chi connectivity index (χ3n) is 3.81. The Bertz CT molecular complexity index is 1090. The molecule has 0 fully saturated rings. The van der Waals surface area contributed by atoms with Gasteiger partial charge in [0.1, 0.15) is 6.07 Å². The fourth-order valence-corrected chi connectivity index (χ4v) is 3.54. The fraction of sp³-hybridized carbons (Fsp3) is 0.158. The van der Waals surface area contributed by atoms with Crippen LogP contribution < -0.4 is 14.8 Å². The van der Waals surface area contributed by atoms with Crippen molar-refractivity contribution in [2.24, 2.45) is 0 Å². The Morgan fingerprint density at radius 1 is 1.10 bits per heavy atom. The van der Waals surface area contributed by atoms with Gasteiger partial charge in [-0.05, 0) is 24.3 Å². The molecule has 0 heterocycles. The second-order valence-electron chi connectivity index (χ2n) is 5.47. The average Bonchev–Trinajstić information content (AvgIpc) is 2.73. The van der Waals surface area contributed by atoms with Crippen LogP contribution in [0.5, 0.6) is 11.5 Å². The van der Waals surface area contributed by atoms with E-state index < -0.39 is 20.7 Å². The first-order valence-corrected chi connectivity index (χ1v) is 9.86. The summed E-state index contributed by atoms with van der Waals surface area (Å²) in [4.78, 5) is 11.4. The molecule has 0 atom stereocenters. The van der Waals surface area contributed by atoms with Crippen LogP contribution in [0.15, 0.2) is 52.4 Å². The zero-order valence-electron chi connectivity index (χ0n) is 15.7. The smallest absolute Gasteiger partial charge is 0.340 e. The molecule has 0 unspecified atom stereocenters. The minimum Gasteiger partial charge on any atom is -0.493 e. The molecule has 0 aliphatic heterocycles. The van der Waals surface area contributed by atoms with E-state index in [-0.39, 0.29) is 27.6 Å². The third-order valence-corrected chi connectivity index (χ3v) is 5.74. The lowest BCUT2D eigenvalue weighted by atomic mass is 10.1. The lowest BCUT2D eigenvalue weighted by molar-refractivity contribution is 0.0601. The predicted octanol–water partition coefficient (Wildman–Crippen LogP) is 3.39. The molecular formula is C19H17ClN2O6S. The van der Waals surface area contributed by atoms with Gasteiger partial charge < -0.3 is 19.5 Å². The van der Waals surface area contributed by atoms with Gasteiger partial charge in [0.15, 0.2) is 16.4 Å². The summed E-state index contributed by atoms with van der Waals surface area (Å²) < 4.78 is 40.5. The molecule has 1 N–H and O–H groups in total. The zero-order chi connectivity index (χ0) is 21.6. The number of nitriles is 1. The molecule has 2 aromatic rings. The van der Waals surface area contributed by atoms with E-state index in [1.807, 2.05) is 0 Å². The predicted molar refractivity (Wildman–Crippen MR) is 107 cm³/mol. The van der Waals surface area contributed by atoms with Crippen LogP contribution in [0.2, 0.25) is 5.02 Å². The van der Waals surface area contributed by atoms with Gasteiger partial charge in [0.25, 0.3) is 0 Å². The maximum absolute atomic E-state index is 12.7. The van der Waals surface area contributed by atoms with Crippen LogP contribution >= 0.6 is 11.6 Å². The Morgan fingerprint density at radius 3 is 2.21 bits per heavy atom. The molecule has 2 rings (SSSR count). The topological polar surface area (TPSA) is 115 Å². The Morgan fingerprint density at radius 2 is 1.69 bits per heavy atom. The average molecular weight is 437 g/mol. The molecule has 0 bridgehead atoms. The van der Waals surface area contributed by atoms with Crippen LogP contribution in [0.1, 0.15) is 10.4 Å². The number of nitrogens with one attached hydrogen (secondary N) is 1. The number of sulfone groups is 1. The summed E-state index contributed by atoms with van der Waals surface area (Å²) in [7, 11) is -0.0948. The van der Waals surface area contributed by atoms with Gasteiger partial charge in [0.2, 0.25) is 9.84 Å². The van der Waals surface area contributed by atoms with Gasteiger partial charge in [-0.1, -0.05) is 11.6 Å². The lowest BCUT2D eigenvalue weighted by Gasteiger charge is -2.14. The molecule has 0 amide bonds. The van der Waals surface area contributed by atoms with E-state index >= 15 is 0 Å². The van der Waals surface area contributed by atoms with E-state index in [9.17, 15) is 18.5 Å². The van der Waals surface area contributed by atoms with Gasteiger partial charge in [-0.3, -0.25) is 0 Å². The van der Waals surface area contributed by atoms with Gasteiger partial charge in [-0.2, -0.15) is 5.26 Å². The molecule has 0 aromatic heterocycles. The summed E-state index contributed by atoms with van der Waals surface area (Å²) in [6.45, 7) is 0. The van der Waals surface area contributed by atoms with E-state index in [4.69, 9.17) is 25.8 Å². The van der Waals surface area contributed by atoms with E-state index in [2.05, 4.69) is 5.32 Å². The summed E-state index contributed by atoms with van der Waals surface area (Å²) in [6, 6.07) is 9.83. The summed E-state index contributed by atoms with van der Waals surface area (Å²) in [5.74, 6) is -0.132. The molecule has 0 aliphatic carbocycles. The van der Waals surface area contributed by atoms with Gasteiger partial charge in [0.05, 0.1) is 37.5 Å².